The number of hydrogen-bond acceptors (Lipinski definition) is 3. The van der Waals surface area contributed by atoms with Crippen LogP contribution in [-0.2, 0) is 10.0 Å². The molecular formula is C10H8BrF6NO3S. The second-order valence-electron chi connectivity index (χ2n) is 3.95. The summed E-state index contributed by atoms with van der Waals surface area (Å²) in [6, 6.07) is -1.03. The second-order valence-corrected chi connectivity index (χ2v) is 6.49. The van der Waals surface area contributed by atoms with Gasteiger partial charge in [-0.3, -0.25) is 0 Å². The normalized spacial score (nSPS) is 14.2. The zero-order valence-corrected chi connectivity index (χ0v) is 13.0. The van der Waals surface area contributed by atoms with Crippen molar-refractivity contribution in [1.29, 1.82) is 0 Å². The maximum atomic E-state index is 13.9. The van der Waals surface area contributed by atoms with Crippen LogP contribution in [0.15, 0.2) is 21.5 Å². The van der Waals surface area contributed by atoms with Gasteiger partial charge in [-0.25, -0.2) is 12.8 Å². The van der Waals surface area contributed by atoms with E-state index in [-0.39, 0.29) is 4.47 Å². The van der Waals surface area contributed by atoms with Crippen molar-refractivity contribution in [1.82, 2.24) is 4.72 Å². The summed E-state index contributed by atoms with van der Waals surface area (Å²) in [4.78, 5) is -1.25. The summed E-state index contributed by atoms with van der Waals surface area (Å²) < 4.78 is 104. The summed E-state index contributed by atoms with van der Waals surface area (Å²) >= 11 is 2.67. The van der Waals surface area contributed by atoms with Crippen molar-refractivity contribution in [3.8, 4) is 5.75 Å². The highest BCUT2D eigenvalue weighted by Crippen LogP contribution is 2.34. The number of sulfonamides is 1. The first-order valence-corrected chi connectivity index (χ1v) is 7.65. The van der Waals surface area contributed by atoms with Gasteiger partial charge < -0.3 is 4.74 Å². The van der Waals surface area contributed by atoms with E-state index in [1.165, 1.54) is 4.72 Å². The van der Waals surface area contributed by atoms with E-state index < -0.39 is 45.3 Å². The Morgan fingerprint density at radius 3 is 2.27 bits per heavy atom. The van der Waals surface area contributed by atoms with E-state index in [1.54, 1.807) is 0 Å². The Bertz CT molecular complexity index is 649. The lowest BCUT2D eigenvalue weighted by Crippen LogP contribution is -2.43. The van der Waals surface area contributed by atoms with E-state index in [2.05, 4.69) is 20.7 Å². The minimum absolute atomic E-state index is 0.326. The van der Waals surface area contributed by atoms with Crippen LogP contribution in [0.4, 0.5) is 26.3 Å². The molecule has 0 aromatic heterocycles. The predicted molar refractivity (Wildman–Crippen MR) is 66.6 cm³/mol. The summed E-state index contributed by atoms with van der Waals surface area (Å²) in [6.45, 7) is -2.95. The summed E-state index contributed by atoms with van der Waals surface area (Å²) in [6.07, 6.45) is -4.90. The molecule has 0 fully saturated rings. The molecule has 12 heteroatoms. The van der Waals surface area contributed by atoms with Crippen molar-refractivity contribution in [3.63, 3.8) is 0 Å². The number of benzene rings is 1. The molecule has 0 saturated heterocycles. The highest BCUT2D eigenvalue weighted by atomic mass is 79.9. The largest absolute Gasteiger partial charge is 0.430 e. The van der Waals surface area contributed by atoms with Crippen LogP contribution in [0.1, 0.15) is 6.92 Å². The third-order valence-corrected chi connectivity index (χ3v) is 4.52. The van der Waals surface area contributed by atoms with Gasteiger partial charge in [0.1, 0.15) is 10.9 Å². The number of halogens is 7. The molecule has 0 unspecified atom stereocenters. The van der Waals surface area contributed by atoms with Gasteiger partial charge in [0, 0.05) is 0 Å². The molecule has 1 aromatic carbocycles. The molecule has 1 N–H and O–H groups in total. The quantitative estimate of drug-likeness (QED) is 0.749. The van der Waals surface area contributed by atoms with Crippen LogP contribution < -0.4 is 9.46 Å². The van der Waals surface area contributed by atoms with Crippen LogP contribution in [0.3, 0.4) is 0 Å². The topological polar surface area (TPSA) is 55.4 Å². The molecule has 0 amide bonds. The molecule has 0 bridgehead atoms. The third kappa shape index (κ3) is 4.49. The fourth-order valence-corrected chi connectivity index (χ4v) is 2.98. The summed E-state index contributed by atoms with van der Waals surface area (Å²) in [5.74, 6) is -2.87. The molecule has 4 nitrogen and oxygen atoms in total. The fraction of sp³-hybridized carbons (Fsp3) is 0.400. The van der Waals surface area contributed by atoms with E-state index >= 15 is 0 Å². The van der Waals surface area contributed by atoms with Gasteiger partial charge >= 0.3 is 12.8 Å². The second kappa shape index (κ2) is 6.62. The summed E-state index contributed by atoms with van der Waals surface area (Å²) in [5.41, 5.74) is 0. The first-order valence-electron chi connectivity index (χ1n) is 5.38. The predicted octanol–water partition coefficient (Wildman–Crippen LogP) is 3.42. The lowest BCUT2D eigenvalue weighted by Gasteiger charge is -2.18. The van der Waals surface area contributed by atoms with Gasteiger partial charge in [0.25, 0.3) is 0 Å². The molecule has 0 heterocycles. The van der Waals surface area contributed by atoms with E-state index in [0.717, 1.165) is 6.07 Å². The van der Waals surface area contributed by atoms with Crippen LogP contribution in [0.5, 0.6) is 5.75 Å². The van der Waals surface area contributed by atoms with E-state index in [4.69, 9.17) is 0 Å². The Labute approximate surface area is 129 Å². The smallest absolute Gasteiger partial charge is 0.404 e. The SMILES string of the molecule is C[C@H](NS(=O)(=O)c1ccc(Br)c(OC(F)F)c1F)C(F)(F)F. The van der Waals surface area contributed by atoms with Crippen LogP contribution in [0, 0.1) is 5.82 Å². The zero-order chi connectivity index (χ0) is 17.3. The van der Waals surface area contributed by atoms with Crippen LogP contribution in [0.2, 0.25) is 0 Å². The number of ether oxygens (including phenoxy) is 1. The van der Waals surface area contributed by atoms with Gasteiger partial charge in [0.2, 0.25) is 10.0 Å². The average Bonchev–Trinajstić information content (AvgIpc) is 2.31. The van der Waals surface area contributed by atoms with Gasteiger partial charge in [0.15, 0.2) is 11.6 Å². The van der Waals surface area contributed by atoms with Gasteiger partial charge in [-0.1, -0.05) is 0 Å². The lowest BCUT2D eigenvalue weighted by atomic mass is 10.3. The molecule has 1 aromatic rings. The zero-order valence-electron chi connectivity index (χ0n) is 10.6. The molecule has 0 radical (unpaired) electrons. The molecule has 0 aliphatic heterocycles. The number of nitrogens with one attached hydrogen (secondary N) is 1. The summed E-state index contributed by atoms with van der Waals surface area (Å²) in [7, 11) is -4.94. The Hall–Kier alpha value is -1.01. The maximum Gasteiger partial charge on any atom is 0.404 e. The van der Waals surface area contributed by atoms with Gasteiger partial charge in [0.05, 0.1) is 4.47 Å². The molecule has 0 aliphatic carbocycles. The van der Waals surface area contributed by atoms with Gasteiger partial charge in [-0.2, -0.15) is 26.7 Å². The van der Waals surface area contributed by atoms with Crippen molar-refractivity contribution >= 4 is 26.0 Å². The van der Waals surface area contributed by atoms with Crippen molar-refractivity contribution < 1.29 is 39.5 Å². The minimum Gasteiger partial charge on any atom is -0.430 e. The molecule has 1 atom stereocenters. The standard InChI is InChI=1S/C10H8BrF6NO3S/c1-4(10(15,16)17)18-22(19,20)6-3-2-5(11)8(7(6)12)21-9(13)14/h2-4,9,18H,1H3/t4-/m0/s1. The molecule has 0 aliphatic rings. The Kier molecular flexibility index (Phi) is 5.73. The number of alkyl halides is 5. The Morgan fingerprint density at radius 2 is 1.82 bits per heavy atom. The highest BCUT2D eigenvalue weighted by Gasteiger charge is 2.39. The molecule has 0 spiro atoms. The summed E-state index contributed by atoms with van der Waals surface area (Å²) in [5, 5.41) is 0. The van der Waals surface area contributed by atoms with Crippen molar-refractivity contribution in [2.24, 2.45) is 0 Å². The number of hydrogen-bond donors (Lipinski definition) is 1. The van der Waals surface area contributed by atoms with E-state index in [1.807, 2.05) is 0 Å². The van der Waals surface area contributed by atoms with Gasteiger partial charge in [-0.05, 0) is 35.0 Å². The molecule has 22 heavy (non-hydrogen) atoms. The molecule has 0 saturated carbocycles. The Balaban J connectivity index is 3.26. The minimum atomic E-state index is -4.94. The van der Waals surface area contributed by atoms with Crippen LogP contribution in [-0.4, -0.2) is 27.2 Å². The van der Waals surface area contributed by atoms with Gasteiger partial charge in [-0.15, -0.1) is 0 Å². The third-order valence-electron chi connectivity index (χ3n) is 2.33. The van der Waals surface area contributed by atoms with E-state index in [9.17, 15) is 34.8 Å². The molecule has 1 rings (SSSR count). The average molecular weight is 416 g/mol. The van der Waals surface area contributed by atoms with Crippen LogP contribution in [0.25, 0.3) is 0 Å². The fourth-order valence-electron chi connectivity index (χ4n) is 1.28. The van der Waals surface area contributed by atoms with Crippen LogP contribution >= 0.6 is 15.9 Å². The first-order chi connectivity index (χ1) is 9.86. The van der Waals surface area contributed by atoms with Crippen molar-refractivity contribution in [2.45, 2.75) is 30.6 Å². The lowest BCUT2D eigenvalue weighted by molar-refractivity contribution is -0.147. The number of rotatable bonds is 5. The van der Waals surface area contributed by atoms with Crippen molar-refractivity contribution in [3.05, 3.63) is 22.4 Å². The molecular weight excluding hydrogens is 408 g/mol. The molecule has 126 valence electrons. The van der Waals surface area contributed by atoms with Crippen molar-refractivity contribution in [2.75, 3.05) is 0 Å². The highest BCUT2D eigenvalue weighted by molar-refractivity contribution is 9.10. The first kappa shape index (κ1) is 19.0. The Morgan fingerprint density at radius 1 is 1.27 bits per heavy atom. The monoisotopic (exact) mass is 415 g/mol. The maximum absolute atomic E-state index is 13.9. The van der Waals surface area contributed by atoms with E-state index in [0.29, 0.717) is 13.0 Å².